The fourth-order valence-corrected chi connectivity index (χ4v) is 4.62. The Kier molecular flexibility index (Phi) is 30.1. The van der Waals surface area contributed by atoms with E-state index in [4.69, 9.17) is 0 Å². The number of hydrogen-bond donors (Lipinski definition) is 0. The molecule has 0 aliphatic rings. The van der Waals surface area contributed by atoms with Crippen molar-refractivity contribution in [3.63, 3.8) is 0 Å². The second-order valence-electron chi connectivity index (χ2n) is 11.4. The van der Waals surface area contributed by atoms with E-state index in [0.29, 0.717) is 0 Å². The van der Waals surface area contributed by atoms with Crippen LogP contribution in [0.3, 0.4) is 0 Å². The molecule has 200 valence electrons. The van der Waals surface area contributed by atoms with Crippen LogP contribution in [0.15, 0.2) is 12.3 Å². The van der Waals surface area contributed by atoms with Crippen molar-refractivity contribution in [3.8, 4) is 0 Å². The number of hydrogen-bond acceptors (Lipinski definition) is 0. The van der Waals surface area contributed by atoms with Crippen LogP contribution in [0.5, 0.6) is 0 Å². The van der Waals surface area contributed by atoms with E-state index in [1.165, 1.54) is 161 Å². The van der Waals surface area contributed by atoms with E-state index < -0.39 is 0 Å². The molecule has 0 unspecified atom stereocenters. The molecule has 0 aliphatic carbocycles. The maximum absolute atomic E-state index is 2.36. The predicted molar refractivity (Wildman–Crippen MR) is 148 cm³/mol. The van der Waals surface area contributed by atoms with Crippen molar-refractivity contribution in [2.24, 2.45) is 0 Å². The first-order valence-corrected chi connectivity index (χ1v) is 15.0. The van der Waals surface area contributed by atoms with E-state index in [2.05, 4.69) is 40.3 Å². The van der Waals surface area contributed by atoms with E-state index >= 15 is 0 Å². The van der Waals surface area contributed by atoms with Gasteiger partial charge < -0.3 is 16.9 Å². The SMILES string of the molecule is CCCCCCCCCCCCCCCCCCCCCCCCCCC=C[N+](C)(C)C.[Cl-]. The van der Waals surface area contributed by atoms with Gasteiger partial charge in [-0.25, -0.2) is 0 Å². The van der Waals surface area contributed by atoms with E-state index in [-0.39, 0.29) is 12.4 Å². The van der Waals surface area contributed by atoms with Crippen LogP contribution in [0.25, 0.3) is 0 Å². The van der Waals surface area contributed by atoms with Crippen LogP contribution < -0.4 is 12.4 Å². The van der Waals surface area contributed by atoms with Gasteiger partial charge in [-0.05, 0) is 18.9 Å². The Bertz CT molecular complexity index is 372. The molecule has 0 fully saturated rings. The third-order valence-corrected chi connectivity index (χ3v) is 6.78. The van der Waals surface area contributed by atoms with Gasteiger partial charge in [-0.15, -0.1) is 0 Å². The Morgan fingerprint density at radius 3 is 0.879 bits per heavy atom. The Morgan fingerprint density at radius 2 is 0.636 bits per heavy atom. The quantitative estimate of drug-likeness (QED) is 0.0859. The van der Waals surface area contributed by atoms with Crippen molar-refractivity contribution in [1.82, 2.24) is 0 Å². The third kappa shape index (κ3) is 34.2. The first-order chi connectivity index (χ1) is 15.6. The molecule has 0 rings (SSSR count). The Morgan fingerprint density at radius 1 is 0.394 bits per heavy atom. The standard InChI is InChI=1S/C31H64N.ClH/c1-5-6-7-8-9-10-11-12-13-14-15-16-17-18-19-20-21-22-23-24-25-26-27-28-29-30-31-32(2,3)4;/h30-31H,5-29H2,1-4H3;1H/q+1;/p-1. The fourth-order valence-electron chi connectivity index (χ4n) is 4.62. The Labute approximate surface area is 217 Å². The smallest absolute Gasteiger partial charge is 0.0911 e. The van der Waals surface area contributed by atoms with Crippen LogP contribution in [0, 0.1) is 0 Å². The average Bonchev–Trinajstić information content (AvgIpc) is 2.75. The van der Waals surface area contributed by atoms with Crippen LogP contribution in [0.2, 0.25) is 0 Å². The minimum atomic E-state index is 0. The summed E-state index contributed by atoms with van der Waals surface area (Å²) in [6, 6.07) is 0. The molecule has 2 heteroatoms. The summed E-state index contributed by atoms with van der Waals surface area (Å²) in [6.45, 7) is 2.30. The molecule has 1 nitrogen and oxygen atoms in total. The highest BCUT2D eigenvalue weighted by atomic mass is 35.5. The van der Waals surface area contributed by atoms with Crippen LogP contribution in [-0.4, -0.2) is 25.6 Å². The molecule has 0 aromatic carbocycles. The van der Waals surface area contributed by atoms with Gasteiger partial charge in [0.05, 0.1) is 27.3 Å². The summed E-state index contributed by atoms with van der Waals surface area (Å²) in [6.07, 6.45) is 41.1. The van der Waals surface area contributed by atoms with Crippen molar-refractivity contribution < 1.29 is 16.9 Å². The van der Waals surface area contributed by atoms with Crippen molar-refractivity contribution >= 4 is 0 Å². The lowest BCUT2D eigenvalue weighted by atomic mass is 10.0. The lowest BCUT2D eigenvalue weighted by molar-refractivity contribution is -0.817. The number of quaternary nitrogens is 1. The monoisotopic (exact) mass is 485 g/mol. The summed E-state index contributed by atoms with van der Waals surface area (Å²) in [7, 11) is 6.66. The zero-order valence-corrected chi connectivity index (χ0v) is 24.4. The molecule has 0 heterocycles. The maximum atomic E-state index is 2.36. The van der Waals surface area contributed by atoms with Gasteiger partial charge in [0.15, 0.2) is 0 Å². The number of rotatable bonds is 26. The highest BCUT2D eigenvalue weighted by Gasteiger charge is 1.99. The zero-order chi connectivity index (χ0) is 23.6. The molecular weight excluding hydrogens is 422 g/mol. The molecule has 0 saturated carbocycles. The van der Waals surface area contributed by atoms with Crippen LogP contribution in [0.1, 0.15) is 167 Å². The minimum Gasteiger partial charge on any atom is -1.00 e. The van der Waals surface area contributed by atoms with Gasteiger partial charge >= 0.3 is 0 Å². The molecule has 0 saturated heterocycles. The van der Waals surface area contributed by atoms with Crippen molar-refractivity contribution in [3.05, 3.63) is 12.3 Å². The summed E-state index contributed by atoms with van der Waals surface area (Å²) in [5, 5.41) is 0. The highest BCUT2D eigenvalue weighted by molar-refractivity contribution is 4.73. The summed E-state index contributed by atoms with van der Waals surface area (Å²) in [4.78, 5) is 0. The van der Waals surface area contributed by atoms with Crippen molar-refractivity contribution in [1.29, 1.82) is 0 Å². The minimum absolute atomic E-state index is 0. The first kappa shape index (κ1) is 35.2. The summed E-state index contributed by atoms with van der Waals surface area (Å²) in [5.74, 6) is 0. The fraction of sp³-hybridized carbons (Fsp3) is 0.935. The van der Waals surface area contributed by atoms with Crippen LogP contribution >= 0.6 is 0 Å². The second-order valence-corrected chi connectivity index (χ2v) is 11.4. The Balaban J connectivity index is 0. The number of unbranched alkanes of at least 4 members (excludes halogenated alkanes) is 24. The number of allylic oxidation sites excluding steroid dienone is 1. The van der Waals surface area contributed by atoms with Crippen LogP contribution in [-0.2, 0) is 0 Å². The van der Waals surface area contributed by atoms with E-state index in [1.54, 1.807) is 0 Å². The zero-order valence-electron chi connectivity index (χ0n) is 23.7. The Hall–Kier alpha value is -0.0100. The topological polar surface area (TPSA) is 0 Å². The predicted octanol–water partition coefficient (Wildman–Crippen LogP) is 7.98. The lowest BCUT2D eigenvalue weighted by Crippen LogP contribution is -3.00. The van der Waals surface area contributed by atoms with Crippen molar-refractivity contribution in [2.45, 2.75) is 167 Å². The molecule has 0 N–H and O–H groups in total. The summed E-state index contributed by atoms with van der Waals surface area (Å²) < 4.78 is 0.944. The number of halogens is 1. The summed E-state index contributed by atoms with van der Waals surface area (Å²) in [5.41, 5.74) is 0. The van der Waals surface area contributed by atoms with Crippen molar-refractivity contribution in [2.75, 3.05) is 21.1 Å². The molecule has 0 amide bonds. The molecule has 0 spiro atoms. The van der Waals surface area contributed by atoms with Gasteiger partial charge in [-0.2, -0.15) is 0 Å². The molecule has 0 aromatic heterocycles. The van der Waals surface area contributed by atoms with E-state index in [9.17, 15) is 0 Å². The molecule has 0 atom stereocenters. The molecule has 0 bridgehead atoms. The van der Waals surface area contributed by atoms with E-state index in [0.717, 1.165) is 4.48 Å². The second kappa shape index (κ2) is 28.2. The largest absolute Gasteiger partial charge is 1.00 e. The summed E-state index contributed by atoms with van der Waals surface area (Å²) >= 11 is 0. The molecule has 0 radical (unpaired) electrons. The molecule has 0 aromatic rings. The highest BCUT2D eigenvalue weighted by Crippen LogP contribution is 2.15. The third-order valence-electron chi connectivity index (χ3n) is 6.78. The van der Waals surface area contributed by atoms with Gasteiger partial charge in [0.1, 0.15) is 0 Å². The maximum Gasteiger partial charge on any atom is 0.0911 e. The van der Waals surface area contributed by atoms with Gasteiger partial charge in [-0.1, -0.05) is 155 Å². The van der Waals surface area contributed by atoms with Gasteiger partial charge in [-0.3, -0.25) is 0 Å². The lowest BCUT2D eigenvalue weighted by Gasteiger charge is -2.17. The van der Waals surface area contributed by atoms with E-state index in [1.807, 2.05) is 0 Å². The normalized spacial score (nSPS) is 11.9. The number of nitrogens with zero attached hydrogens (tertiary/aromatic N) is 1. The van der Waals surface area contributed by atoms with Gasteiger partial charge in [0.2, 0.25) is 0 Å². The first-order valence-electron chi connectivity index (χ1n) is 15.0. The average molecular weight is 486 g/mol. The van der Waals surface area contributed by atoms with Gasteiger partial charge in [0, 0.05) is 0 Å². The molecule has 33 heavy (non-hydrogen) atoms. The van der Waals surface area contributed by atoms with Gasteiger partial charge in [0.25, 0.3) is 0 Å². The van der Waals surface area contributed by atoms with Crippen LogP contribution in [0.4, 0.5) is 0 Å². The molecule has 0 aliphatic heterocycles. The molecular formula is C31H64ClN.